The zero-order valence-electron chi connectivity index (χ0n) is 17.9. The Morgan fingerprint density at radius 3 is 2.32 bits per heavy atom. The molecule has 1 saturated heterocycles. The van der Waals surface area contributed by atoms with Crippen molar-refractivity contribution in [3.05, 3.63) is 71.9 Å². The normalized spacial score (nSPS) is 15.5. The minimum absolute atomic E-state index is 0.112. The Labute approximate surface area is 184 Å². The van der Waals surface area contributed by atoms with Crippen LogP contribution in [0.25, 0.3) is 10.9 Å². The molecule has 6 nitrogen and oxygen atoms in total. The van der Waals surface area contributed by atoms with Gasteiger partial charge in [0.1, 0.15) is 0 Å². The SMILES string of the molecule is CS(=O)(=O)N1CCN(C(=O)CCCc2cn(Cc3ccccc3)c3ccccc23)CC1. The number of aromatic nitrogens is 1. The summed E-state index contributed by atoms with van der Waals surface area (Å²) in [6.45, 7) is 2.55. The fourth-order valence-electron chi connectivity index (χ4n) is 4.29. The molecule has 1 aromatic heterocycles. The second kappa shape index (κ2) is 9.24. The first kappa shape index (κ1) is 21.6. The van der Waals surface area contributed by atoms with Gasteiger partial charge in [0.25, 0.3) is 0 Å². The molecular weight excluding hydrogens is 410 g/mol. The summed E-state index contributed by atoms with van der Waals surface area (Å²) >= 11 is 0. The van der Waals surface area contributed by atoms with Gasteiger partial charge < -0.3 is 9.47 Å². The van der Waals surface area contributed by atoms with Gasteiger partial charge in [0.2, 0.25) is 15.9 Å². The summed E-state index contributed by atoms with van der Waals surface area (Å²) < 4.78 is 27.0. The average molecular weight is 440 g/mol. The second-order valence-electron chi connectivity index (χ2n) is 8.18. The number of carbonyl (C=O) groups excluding carboxylic acids is 1. The van der Waals surface area contributed by atoms with Crippen LogP contribution in [-0.2, 0) is 27.8 Å². The highest BCUT2D eigenvalue weighted by Gasteiger charge is 2.25. The van der Waals surface area contributed by atoms with Crippen LogP contribution in [0.4, 0.5) is 0 Å². The molecule has 0 unspecified atom stereocenters. The number of rotatable bonds is 7. The lowest BCUT2D eigenvalue weighted by molar-refractivity contribution is -0.132. The van der Waals surface area contributed by atoms with E-state index in [0.29, 0.717) is 32.6 Å². The molecular formula is C24H29N3O3S. The molecule has 1 amide bonds. The highest BCUT2D eigenvalue weighted by molar-refractivity contribution is 7.88. The quantitative estimate of drug-likeness (QED) is 0.568. The standard InChI is InChI=1S/C24H29N3O3S/c1-31(29,30)27-16-14-25(15-17-27)24(28)13-7-10-21-19-26(18-20-8-3-2-4-9-20)23-12-6-5-11-22(21)23/h2-6,8-9,11-12,19H,7,10,13-18H2,1H3. The molecule has 1 aliphatic heterocycles. The number of piperazine rings is 1. The summed E-state index contributed by atoms with van der Waals surface area (Å²) in [5, 5.41) is 1.24. The highest BCUT2D eigenvalue weighted by Crippen LogP contribution is 2.24. The molecule has 31 heavy (non-hydrogen) atoms. The van der Waals surface area contributed by atoms with Crippen LogP contribution in [0.1, 0.15) is 24.0 Å². The summed E-state index contributed by atoms with van der Waals surface area (Å²) in [6, 6.07) is 18.8. The summed E-state index contributed by atoms with van der Waals surface area (Å²) in [6.07, 6.45) is 5.55. The first-order valence-corrected chi connectivity index (χ1v) is 12.6. The van der Waals surface area contributed by atoms with Gasteiger partial charge in [-0.1, -0.05) is 48.5 Å². The second-order valence-corrected chi connectivity index (χ2v) is 10.2. The van der Waals surface area contributed by atoms with E-state index in [1.807, 2.05) is 6.07 Å². The summed E-state index contributed by atoms with van der Waals surface area (Å²) in [4.78, 5) is 14.4. The van der Waals surface area contributed by atoms with Gasteiger partial charge in [-0.3, -0.25) is 4.79 Å². The molecule has 0 N–H and O–H groups in total. The number of hydrogen-bond acceptors (Lipinski definition) is 3. The van der Waals surface area contributed by atoms with Crippen LogP contribution in [0.15, 0.2) is 60.8 Å². The molecule has 0 radical (unpaired) electrons. The van der Waals surface area contributed by atoms with Gasteiger partial charge in [0.15, 0.2) is 0 Å². The third-order valence-electron chi connectivity index (χ3n) is 5.96. The molecule has 1 aliphatic rings. The maximum Gasteiger partial charge on any atom is 0.222 e. The van der Waals surface area contributed by atoms with E-state index in [1.165, 1.54) is 32.6 Å². The summed E-state index contributed by atoms with van der Waals surface area (Å²) in [5.41, 5.74) is 3.74. The van der Waals surface area contributed by atoms with Gasteiger partial charge in [-0.2, -0.15) is 4.31 Å². The zero-order chi connectivity index (χ0) is 21.8. The van der Waals surface area contributed by atoms with Gasteiger partial charge in [-0.15, -0.1) is 0 Å². The Bertz CT molecular complexity index is 1150. The molecule has 2 heterocycles. The summed E-state index contributed by atoms with van der Waals surface area (Å²) in [5.74, 6) is 0.112. The topological polar surface area (TPSA) is 62.6 Å². The zero-order valence-corrected chi connectivity index (χ0v) is 18.7. The number of sulfonamides is 1. The molecule has 0 aliphatic carbocycles. The van der Waals surface area contributed by atoms with Crippen LogP contribution in [-0.4, -0.2) is 60.5 Å². The number of benzene rings is 2. The van der Waals surface area contributed by atoms with Crippen molar-refractivity contribution in [3.8, 4) is 0 Å². The van der Waals surface area contributed by atoms with Gasteiger partial charge >= 0.3 is 0 Å². The van der Waals surface area contributed by atoms with Crippen molar-refractivity contribution in [1.82, 2.24) is 13.8 Å². The maximum absolute atomic E-state index is 12.6. The molecule has 3 aromatic rings. The van der Waals surface area contributed by atoms with E-state index in [2.05, 4.69) is 59.3 Å². The first-order valence-electron chi connectivity index (χ1n) is 10.8. The van der Waals surface area contributed by atoms with E-state index in [4.69, 9.17) is 0 Å². The fraction of sp³-hybridized carbons (Fsp3) is 0.375. The molecule has 0 saturated carbocycles. The average Bonchev–Trinajstić information content (AvgIpc) is 3.11. The number of para-hydroxylation sites is 1. The van der Waals surface area contributed by atoms with Crippen LogP contribution < -0.4 is 0 Å². The number of amides is 1. The van der Waals surface area contributed by atoms with Crippen LogP contribution in [0, 0.1) is 0 Å². The van der Waals surface area contributed by atoms with Gasteiger partial charge in [-0.05, 0) is 30.0 Å². The van der Waals surface area contributed by atoms with Gasteiger partial charge in [0.05, 0.1) is 6.26 Å². The Morgan fingerprint density at radius 1 is 0.935 bits per heavy atom. The van der Waals surface area contributed by atoms with Crippen molar-refractivity contribution in [2.75, 3.05) is 32.4 Å². The molecule has 4 rings (SSSR count). The van der Waals surface area contributed by atoms with Crippen molar-refractivity contribution in [1.29, 1.82) is 0 Å². The lowest BCUT2D eigenvalue weighted by Crippen LogP contribution is -2.50. The van der Waals surface area contributed by atoms with E-state index in [9.17, 15) is 13.2 Å². The third kappa shape index (κ3) is 5.17. The van der Waals surface area contributed by atoms with Gasteiger partial charge in [-0.25, -0.2) is 8.42 Å². The first-order chi connectivity index (χ1) is 14.9. The van der Waals surface area contributed by atoms with Gasteiger partial charge in [0, 0.05) is 56.2 Å². The fourth-order valence-corrected chi connectivity index (χ4v) is 5.12. The number of carbonyl (C=O) groups is 1. The minimum atomic E-state index is -3.18. The van der Waals surface area contributed by atoms with E-state index < -0.39 is 10.0 Å². The molecule has 164 valence electrons. The largest absolute Gasteiger partial charge is 0.343 e. The van der Waals surface area contributed by atoms with Crippen LogP contribution in [0.5, 0.6) is 0 Å². The van der Waals surface area contributed by atoms with Crippen molar-refractivity contribution >= 4 is 26.8 Å². The molecule has 2 aromatic carbocycles. The molecule has 0 atom stereocenters. The van der Waals surface area contributed by atoms with E-state index in [0.717, 1.165) is 19.4 Å². The predicted octanol–water partition coefficient (Wildman–Crippen LogP) is 3.12. The summed E-state index contributed by atoms with van der Waals surface area (Å²) in [7, 11) is -3.18. The Hall–Kier alpha value is -2.64. The third-order valence-corrected chi connectivity index (χ3v) is 7.27. The highest BCUT2D eigenvalue weighted by atomic mass is 32.2. The lowest BCUT2D eigenvalue weighted by atomic mass is 10.1. The smallest absolute Gasteiger partial charge is 0.222 e. The molecule has 7 heteroatoms. The maximum atomic E-state index is 12.6. The number of fused-ring (bicyclic) bond motifs is 1. The number of nitrogens with zero attached hydrogens (tertiary/aromatic N) is 3. The number of hydrogen-bond donors (Lipinski definition) is 0. The van der Waals surface area contributed by atoms with Crippen LogP contribution >= 0.6 is 0 Å². The van der Waals surface area contributed by atoms with Crippen molar-refractivity contribution < 1.29 is 13.2 Å². The molecule has 1 fully saturated rings. The molecule has 0 bridgehead atoms. The van der Waals surface area contributed by atoms with E-state index in [1.54, 1.807) is 4.90 Å². The Kier molecular flexibility index (Phi) is 6.43. The van der Waals surface area contributed by atoms with Crippen molar-refractivity contribution in [2.45, 2.75) is 25.8 Å². The lowest BCUT2D eigenvalue weighted by Gasteiger charge is -2.33. The Balaban J connectivity index is 1.37. The van der Waals surface area contributed by atoms with Crippen LogP contribution in [0.3, 0.4) is 0 Å². The van der Waals surface area contributed by atoms with Crippen molar-refractivity contribution in [2.24, 2.45) is 0 Å². The molecule has 0 spiro atoms. The minimum Gasteiger partial charge on any atom is -0.343 e. The van der Waals surface area contributed by atoms with Crippen molar-refractivity contribution in [3.63, 3.8) is 0 Å². The van der Waals surface area contributed by atoms with Crippen LogP contribution in [0.2, 0.25) is 0 Å². The number of aryl methyl sites for hydroxylation is 1. The Morgan fingerprint density at radius 2 is 1.61 bits per heavy atom. The van der Waals surface area contributed by atoms with E-state index >= 15 is 0 Å². The monoisotopic (exact) mass is 439 g/mol. The predicted molar refractivity (Wildman–Crippen MR) is 123 cm³/mol. The van der Waals surface area contributed by atoms with E-state index in [-0.39, 0.29) is 5.91 Å².